The van der Waals surface area contributed by atoms with Gasteiger partial charge in [0, 0.05) is 11.8 Å². The molecule has 0 aliphatic rings. The van der Waals surface area contributed by atoms with Gasteiger partial charge in [0.2, 0.25) is 0 Å². The van der Waals surface area contributed by atoms with Gasteiger partial charge in [-0.15, -0.1) is 0 Å². The Morgan fingerprint density at radius 1 is 1.14 bits per heavy atom. The maximum absolute atomic E-state index is 9.40. The first kappa shape index (κ1) is 13.2. The Hall–Kier alpha value is -2.80. The van der Waals surface area contributed by atoms with Crippen LogP contribution in [0.4, 0.5) is 0 Å². The van der Waals surface area contributed by atoms with Crippen molar-refractivity contribution in [3.8, 4) is 23.1 Å². The van der Waals surface area contributed by atoms with Crippen molar-refractivity contribution in [2.45, 2.75) is 20.0 Å². The zero-order chi connectivity index (χ0) is 14.8. The van der Waals surface area contributed by atoms with Crippen LogP contribution in [0.25, 0.3) is 16.9 Å². The molecule has 2 aromatic heterocycles. The van der Waals surface area contributed by atoms with Gasteiger partial charge in [-0.1, -0.05) is 6.07 Å². The minimum Gasteiger partial charge on any atom is -0.491 e. The SMILES string of the molecule is CC(C)Oc1ccc(-c2nc3ccccn3c2C#N)cc1. The van der Waals surface area contributed by atoms with E-state index in [0.29, 0.717) is 11.4 Å². The van der Waals surface area contributed by atoms with E-state index in [2.05, 4.69) is 11.1 Å². The van der Waals surface area contributed by atoms with E-state index in [0.717, 1.165) is 17.0 Å². The first-order valence-corrected chi connectivity index (χ1v) is 6.83. The molecule has 0 N–H and O–H groups in total. The summed E-state index contributed by atoms with van der Waals surface area (Å²) in [5.74, 6) is 0.816. The van der Waals surface area contributed by atoms with Crippen LogP contribution in [0.3, 0.4) is 0 Å². The molecule has 0 amide bonds. The van der Waals surface area contributed by atoms with Gasteiger partial charge in [0.15, 0.2) is 5.69 Å². The van der Waals surface area contributed by atoms with Crippen LogP contribution in [-0.4, -0.2) is 15.5 Å². The molecular weight excluding hydrogens is 262 g/mol. The average molecular weight is 277 g/mol. The van der Waals surface area contributed by atoms with Crippen LogP contribution in [0.1, 0.15) is 19.5 Å². The summed E-state index contributed by atoms with van der Waals surface area (Å²) in [4.78, 5) is 4.54. The molecule has 3 aromatic rings. The Bertz CT molecular complexity index is 810. The van der Waals surface area contributed by atoms with Crippen molar-refractivity contribution in [2.24, 2.45) is 0 Å². The van der Waals surface area contributed by atoms with Crippen LogP contribution in [0.5, 0.6) is 5.75 Å². The van der Waals surface area contributed by atoms with Gasteiger partial charge in [-0.3, -0.25) is 4.40 Å². The number of pyridine rings is 1. The number of hydrogen-bond acceptors (Lipinski definition) is 3. The lowest BCUT2D eigenvalue weighted by Crippen LogP contribution is -2.05. The molecule has 0 saturated heterocycles. The molecule has 4 heteroatoms. The van der Waals surface area contributed by atoms with Crippen molar-refractivity contribution in [1.82, 2.24) is 9.38 Å². The predicted octanol–water partition coefficient (Wildman–Crippen LogP) is 3.66. The van der Waals surface area contributed by atoms with Crippen molar-refractivity contribution in [2.75, 3.05) is 0 Å². The third-order valence-corrected chi connectivity index (χ3v) is 3.14. The fraction of sp³-hybridized carbons (Fsp3) is 0.176. The molecule has 0 atom stereocenters. The summed E-state index contributed by atoms with van der Waals surface area (Å²) in [6, 6.07) is 15.6. The van der Waals surface area contributed by atoms with Gasteiger partial charge >= 0.3 is 0 Å². The summed E-state index contributed by atoms with van der Waals surface area (Å²) in [5.41, 5.74) is 2.92. The Balaban J connectivity index is 2.06. The van der Waals surface area contributed by atoms with Gasteiger partial charge in [0.05, 0.1) is 6.10 Å². The number of fused-ring (bicyclic) bond motifs is 1. The van der Waals surface area contributed by atoms with Gasteiger partial charge in [-0.05, 0) is 50.2 Å². The maximum Gasteiger partial charge on any atom is 0.152 e. The van der Waals surface area contributed by atoms with E-state index in [9.17, 15) is 5.26 Å². The molecular formula is C17H15N3O. The maximum atomic E-state index is 9.40. The number of hydrogen-bond donors (Lipinski definition) is 0. The molecule has 4 nitrogen and oxygen atoms in total. The largest absolute Gasteiger partial charge is 0.491 e. The molecule has 0 saturated carbocycles. The number of aromatic nitrogens is 2. The molecule has 104 valence electrons. The topological polar surface area (TPSA) is 50.3 Å². The first-order chi connectivity index (χ1) is 10.2. The molecule has 2 heterocycles. The molecule has 1 aromatic carbocycles. The summed E-state index contributed by atoms with van der Waals surface area (Å²) in [6.45, 7) is 3.98. The van der Waals surface area contributed by atoms with Crippen LogP contribution >= 0.6 is 0 Å². The number of rotatable bonds is 3. The fourth-order valence-electron chi connectivity index (χ4n) is 2.27. The number of imidazole rings is 1. The molecule has 3 rings (SSSR count). The van der Waals surface area contributed by atoms with E-state index in [-0.39, 0.29) is 6.10 Å². The third kappa shape index (κ3) is 2.46. The van der Waals surface area contributed by atoms with Crippen LogP contribution < -0.4 is 4.74 Å². The van der Waals surface area contributed by atoms with Gasteiger partial charge in [0.25, 0.3) is 0 Å². The fourth-order valence-corrected chi connectivity index (χ4v) is 2.27. The van der Waals surface area contributed by atoms with E-state index >= 15 is 0 Å². The summed E-state index contributed by atoms with van der Waals surface area (Å²) < 4.78 is 7.43. The first-order valence-electron chi connectivity index (χ1n) is 6.83. The number of ether oxygens (including phenoxy) is 1. The second-order valence-corrected chi connectivity index (χ2v) is 5.04. The van der Waals surface area contributed by atoms with E-state index in [1.165, 1.54) is 0 Å². The monoisotopic (exact) mass is 277 g/mol. The smallest absolute Gasteiger partial charge is 0.152 e. The highest BCUT2D eigenvalue weighted by molar-refractivity contribution is 5.70. The lowest BCUT2D eigenvalue weighted by Gasteiger charge is -2.09. The molecule has 0 radical (unpaired) electrons. The van der Waals surface area contributed by atoms with E-state index in [1.807, 2.05) is 62.5 Å². The Kier molecular flexibility index (Phi) is 3.33. The Morgan fingerprint density at radius 2 is 1.90 bits per heavy atom. The number of nitrogens with zero attached hydrogens (tertiary/aromatic N) is 3. The zero-order valence-electron chi connectivity index (χ0n) is 11.9. The Labute approximate surface area is 123 Å². The van der Waals surface area contributed by atoms with E-state index < -0.39 is 0 Å². The molecule has 0 unspecified atom stereocenters. The lowest BCUT2D eigenvalue weighted by atomic mass is 10.1. The standard InChI is InChI=1S/C17H15N3O/c1-12(2)21-14-8-6-13(7-9-14)17-15(11-18)20-10-4-3-5-16(20)19-17/h3-10,12H,1-2H3. The predicted molar refractivity (Wildman–Crippen MR) is 81.1 cm³/mol. The van der Waals surface area contributed by atoms with Crippen LogP contribution in [0.15, 0.2) is 48.7 Å². The van der Waals surface area contributed by atoms with Crippen LogP contribution in [0.2, 0.25) is 0 Å². The van der Waals surface area contributed by atoms with Crippen LogP contribution in [-0.2, 0) is 0 Å². The van der Waals surface area contributed by atoms with Crippen molar-refractivity contribution in [1.29, 1.82) is 5.26 Å². The lowest BCUT2D eigenvalue weighted by molar-refractivity contribution is 0.242. The van der Waals surface area contributed by atoms with Crippen molar-refractivity contribution in [3.63, 3.8) is 0 Å². The van der Waals surface area contributed by atoms with Crippen molar-refractivity contribution in [3.05, 3.63) is 54.4 Å². The molecule has 0 bridgehead atoms. The summed E-state index contributed by atoms with van der Waals surface area (Å²) in [7, 11) is 0. The second kappa shape index (κ2) is 5.29. The normalized spacial score (nSPS) is 10.8. The summed E-state index contributed by atoms with van der Waals surface area (Å²) in [6.07, 6.45) is 1.99. The van der Waals surface area contributed by atoms with Gasteiger partial charge in [-0.25, -0.2) is 4.98 Å². The molecule has 21 heavy (non-hydrogen) atoms. The highest BCUT2D eigenvalue weighted by Gasteiger charge is 2.13. The van der Waals surface area contributed by atoms with Gasteiger partial charge in [-0.2, -0.15) is 5.26 Å². The average Bonchev–Trinajstić information content (AvgIpc) is 2.86. The second-order valence-electron chi connectivity index (χ2n) is 5.04. The third-order valence-electron chi connectivity index (χ3n) is 3.14. The number of benzene rings is 1. The van der Waals surface area contributed by atoms with Gasteiger partial charge < -0.3 is 4.74 Å². The molecule has 0 aliphatic carbocycles. The Morgan fingerprint density at radius 3 is 2.57 bits per heavy atom. The van der Waals surface area contributed by atoms with Crippen LogP contribution in [0, 0.1) is 11.3 Å². The van der Waals surface area contributed by atoms with Crippen molar-refractivity contribution < 1.29 is 4.74 Å². The molecule has 0 spiro atoms. The highest BCUT2D eigenvalue weighted by atomic mass is 16.5. The zero-order valence-corrected chi connectivity index (χ0v) is 11.9. The minimum absolute atomic E-state index is 0.140. The highest BCUT2D eigenvalue weighted by Crippen LogP contribution is 2.26. The summed E-state index contributed by atoms with van der Waals surface area (Å²) >= 11 is 0. The summed E-state index contributed by atoms with van der Waals surface area (Å²) in [5, 5.41) is 9.40. The number of nitriles is 1. The molecule has 0 aliphatic heterocycles. The van der Waals surface area contributed by atoms with E-state index in [1.54, 1.807) is 4.40 Å². The van der Waals surface area contributed by atoms with Crippen molar-refractivity contribution >= 4 is 5.65 Å². The molecule has 0 fully saturated rings. The van der Waals surface area contributed by atoms with E-state index in [4.69, 9.17) is 4.74 Å². The minimum atomic E-state index is 0.140. The van der Waals surface area contributed by atoms with Gasteiger partial charge in [0.1, 0.15) is 23.2 Å². The quantitative estimate of drug-likeness (QED) is 0.734.